The van der Waals surface area contributed by atoms with Gasteiger partial charge in [-0.3, -0.25) is 0 Å². The first kappa shape index (κ1) is 28.9. The van der Waals surface area contributed by atoms with Crippen molar-refractivity contribution >= 4 is 10.8 Å². The van der Waals surface area contributed by atoms with Gasteiger partial charge in [0.1, 0.15) is 36.1 Å². The van der Waals surface area contributed by atoms with E-state index in [1.807, 2.05) is 109 Å². The highest BCUT2D eigenvalue weighted by Gasteiger charge is 2.65. The highest BCUT2D eigenvalue weighted by atomic mass is 16.7. The predicted octanol–water partition coefficient (Wildman–Crippen LogP) is 6.14. The molecule has 2 fully saturated rings. The average molecular weight is 589 g/mol. The van der Waals surface area contributed by atoms with Gasteiger partial charge in [0.25, 0.3) is 0 Å². The molecule has 5 aromatic carbocycles. The van der Waals surface area contributed by atoms with E-state index in [1.165, 1.54) is 0 Å². The van der Waals surface area contributed by atoms with Crippen LogP contribution in [0.25, 0.3) is 10.8 Å². The van der Waals surface area contributed by atoms with Crippen LogP contribution in [0.5, 0.6) is 0 Å². The van der Waals surface area contributed by atoms with E-state index >= 15 is 0 Å². The highest BCUT2D eigenvalue weighted by molar-refractivity contribution is 5.83. The number of rotatable bonds is 9. The molecule has 0 radical (unpaired) electrons. The fraction of sp³-hybridized carbons (Fsp3) is 0.263. The van der Waals surface area contributed by atoms with E-state index in [4.69, 9.17) is 18.9 Å². The monoisotopic (exact) mass is 588 g/mol. The zero-order valence-corrected chi connectivity index (χ0v) is 24.3. The fourth-order valence-electron chi connectivity index (χ4n) is 6.51. The Kier molecular flexibility index (Phi) is 8.28. The number of hydrogen-bond acceptors (Lipinski definition) is 6. The molecule has 0 aromatic heterocycles. The first-order valence-corrected chi connectivity index (χ1v) is 15.1. The molecule has 2 bridgehead atoms. The van der Waals surface area contributed by atoms with Gasteiger partial charge < -0.3 is 29.2 Å². The van der Waals surface area contributed by atoms with Gasteiger partial charge in [-0.25, -0.2) is 0 Å². The molecule has 5 aromatic rings. The van der Waals surface area contributed by atoms with Crippen LogP contribution >= 0.6 is 0 Å². The molecule has 2 N–H and O–H groups in total. The molecule has 1 saturated heterocycles. The normalized spacial score (nSPS) is 28.1. The molecule has 7 rings (SSSR count). The van der Waals surface area contributed by atoms with Crippen LogP contribution in [0.4, 0.5) is 0 Å². The van der Waals surface area contributed by atoms with Crippen LogP contribution in [0.15, 0.2) is 133 Å². The van der Waals surface area contributed by atoms with Crippen LogP contribution in [0.2, 0.25) is 0 Å². The number of aliphatic hydroxyl groups excluding tert-OH is 1. The number of aliphatic hydroxyl groups is 2. The fourth-order valence-corrected chi connectivity index (χ4v) is 6.51. The lowest BCUT2D eigenvalue weighted by Gasteiger charge is -2.57. The average Bonchev–Trinajstić information content (AvgIpc) is 3.06. The first-order valence-electron chi connectivity index (χ1n) is 15.1. The minimum atomic E-state index is -1.57. The van der Waals surface area contributed by atoms with Crippen molar-refractivity contribution in [2.75, 3.05) is 0 Å². The number of fused-ring (bicyclic) bond motifs is 3. The van der Waals surface area contributed by atoms with E-state index in [9.17, 15) is 10.2 Å². The van der Waals surface area contributed by atoms with E-state index in [0.717, 1.165) is 33.0 Å². The first-order chi connectivity index (χ1) is 21.6. The molecular weight excluding hydrogens is 552 g/mol. The van der Waals surface area contributed by atoms with Gasteiger partial charge in [-0.05, 0) is 27.5 Å². The summed E-state index contributed by atoms with van der Waals surface area (Å²) >= 11 is 0. The highest BCUT2D eigenvalue weighted by Crippen LogP contribution is 2.47. The predicted molar refractivity (Wildman–Crippen MR) is 168 cm³/mol. The minimum Gasteiger partial charge on any atom is -0.387 e. The lowest BCUT2D eigenvalue weighted by Crippen LogP contribution is -2.76. The molecule has 224 valence electrons. The molecule has 1 aliphatic carbocycles. The molecule has 1 aliphatic heterocycles. The van der Waals surface area contributed by atoms with Gasteiger partial charge in [0, 0.05) is 12.0 Å². The van der Waals surface area contributed by atoms with Crippen LogP contribution in [0.1, 0.15) is 28.5 Å². The van der Waals surface area contributed by atoms with Crippen LogP contribution in [0, 0.1) is 0 Å². The van der Waals surface area contributed by atoms with Gasteiger partial charge in [0.05, 0.1) is 13.2 Å². The summed E-state index contributed by atoms with van der Waals surface area (Å²) in [5.41, 5.74) is 2.07. The summed E-state index contributed by atoms with van der Waals surface area (Å²) in [6.45, 7) is 0.475. The third-order valence-electron chi connectivity index (χ3n) is 8.74. The van der Waals surface area contributed by atoms with Crippen LogP contribution < -0.4 is 0 Å². The van der Waals surface area contributed by atoms with Gasteiger partial charge in [-0.1, -0.05) is 133 Å². The molecule has 44 heavy (non-hydrogen) atoms. The molecule has 2 aliphatic rings. The quantitative estimate of drug-likeness (QED) is 0.215. The second kappa shape index (κ2) is 12.6. The van der Waals surface area contributed by atoms with Crippen molar-refractivity contribution in [3.8, 4) is 0 Å². The molecule has 0 amide bonds. The summed E-state index contributed by atoms with van der Waals surface area (Å²) in [4.78, 5) is 0. The van der Waals surface area contributed by atoms with Gasteiger partial charge >= 0.3 is 0 Å². The smallest absolute Gasteiger partial charge is 0.185 e. The van der Waals surface area contributed by atoms with Crippen LogP contribution in [-0.2, 0) is 38.6 Å². The standard InChI is InChI=1S/C38H36O6/c39-32-33(41-24-26-12-4-1-5-13-26)35-38(40,23-28-20-21-29-16-10-11-19-31(29)22-28)36(34(32)42-25-27-14-6-2-7-15-27)44-37(43-35)30-17-8-3-9-18-30/h1-22,32-37,39-40H,23-25H2/t32?,33-,34+,35-,36+,37?,38?. The van der Waals surface area contributed by atoms with Crippen molar-refractivity contribution in [3.05, 3.63) is 156 Å². The van der Waals surface area contributed by atoms with Crippen LogP contribution in [0.3, 0.4) is 0 Å². The lowest BCUT2D eigenvalue weighted by atomic mass is 9.70. The Hall–Kier alpha value is -3.88. The Labute approximate surface area is 257 Å². The van der Waals surface area contributed by atoms with Gasteiger partial charge in [-0.15, -0.1) is 0 Å². The third-order valence-corrected chi connectivity index (χ3v) is 8.74. The Morgan fingerprint density at radius 3 is 1.64 bits per heavy atom. The summed E-state index contributed by atoms with van der Waals surface area (Å²) in [6.07, 6.45) is -5.29. The van der Waals surface area contributed by atoms with Gasteiger partial charge in [-0.2, -0.15) is 0 Å². The van der Waals surface area contributed by atoms with Gasteiger partial charge in [0.15, 0.2) is 6.29 Å². The van der Waals surface area contributed by atoms with Crippen molar-refractivity contribution in [1.29, 1.82) is 0 Å². The van der Waals surface area contributed by atoms with Crippen molar-refractivity contribution in [2.24, 2.45) is 0 Å². The molecule has 0 spiro atoms. The minimum absolute atomic E-state index is 0.220. The number of hydrogen-bond donors (Lipinski definition) is 2. The largest absolute Gasteiger partial charge is 0.387 e. The maximum absolute atomic E-state index is 12.8. The van der Waals surface area contributed by atoms with E-state index < -0.39 is 42.4 Å². The van der Waals surface area contributed by atoms with E-state index in [-0.39, 0.29) is 19.6 Å². The van der Waals surface area contributed by atoms with E-state index in [0.29, 0.717) is 0 Å². The third kappa shape index (κ3) is 5.81. The zero-order valence-electron chi connectivity index (χ0n) is 24.3. The summed E-state index contributed by atoms with van der Waals surface area (Å²) < 4.78 is 26.1. The lowest BCUT2D eigenvalue weighted by molar-refractivity contribution is -0.396. The van der Waals surface area contributed by atoms with Crippen molar-refractivity contribution in [1.82, 2.24) is 0 Å². The summed E-state index contributed by atoms with van der Waals surface area (Å²) in [5.74, 6) is 0. The molecule has 7 atom stereocenters. The molecule has 6 nitrogen and oxygen atoms in total. The van der Waals surface area contributed by atoms with Crippen molar-refractivity contribution in [2.45, 2.75) is 62.0 Å². The van der Waals surface area contributed by atoms with Crippen molar-refractivity contribution < 1.29 is 29.2 Å². The maximum atomic E-state index is 12.8. The van der Waals surface area contributed by atoms with E-state index in [2.05, 4.69) is 24.3 Å². The summed E-state index contributed by atoms with van der Waals surface area (Å²) in [6, 6.07) is 43.5. The molecule has 1 heterocycles. The second-order valence-electron chi connectivity index (χ2n) is 11.7. The van der Waals surface area contributed by atoms with Gasteiger partial charge in [0.2, 0.25) is 0 Å². The van der Waals surface area contributed by atoms with E-state index in [1.54, 1.807) is 0 Å². The topological polar surface area (TPSA) is 77.4 Å². The summed E-state index contributed by atoms with van der Waals surface area (Å²) in [7, 11) is 0. The summed E-state index contributed by atoms with van der Waals surface area (Å²) in [5, 5.41) is 26.8. The zero-order chi connectivity index (χ0) is 29.9. The molecule has 6 heteroatoms. The Morgan fingerprint density at radius 2 is 1.07 bits per heavy atom. The van der Waals surface area contributed by atoms with Crippen molar-refractivity contribution in [3.63, 3.8) is 0 Å². The molecule has 1 saturated carbocycles. The Bertz CT molecular complexity index is 1600. The SMILES string of the molecule is OC1[C@@H](OCc2ccccc2)[C@H]2OC(c3ccccc3)O[C@@H]([C@H]1OCc1ccccc1)C2(O)Cc1ccc2ccccc2c1. The number of ether oxygens (including phenoxy) is 4. The van der Waals surface area contributed by atoms with Crippen LogP contribution in [-0.4, -0.2) is 46.3 Å². The second-order valence-corrected chi connectivity index (χ2v) is 11.7. The Balaban J connectivity index is 1.28. The maximum Gasteiger partial charge on any atom is 0.185 e. The Morgan fingerprint density at radius 1 is 0.568 bits per heavy atom. The number of benzene rings is 5. The molecular formula is C38H36O6. The molecule has 3 unspecified atom stereocenters.